The number of hydrogen-bond donors (Lipinski definition) is 1. The van der Waals surface area contributed by atoms with Crippen LogP contribution in [-0.2, 0) is 16.6 Å². The lowest BCUT2D eigenvalue weighted by Crippen LogP contribution is -2.46. The van der Waals surface area contributed by atoms with Gasteiger partial charge in [0.2, 0.25) is 5.91 Å². The molecule has 7 heteroatoms. The van der Waals surface area contributed by atoms with Gasteiger partial charge in [0.25, 0.3) is 5.56 Å². The monoisotopic (exact) mass is 348 g/mol. The van der Waals surface area contributed by atoms with Crippen molar-refractivity contribution < 1.29 is 9.53 Å². The maximum Gasteiger partial charge on any atom is 0.293 e. The quantitative estimate of drug-likeness (QED) is 0.866. The molecule has 7 nitrogen and oxygen atoms in total. The molecule has 0 aliphatic carbocycles. The maximum absolute atomic E-state index is 12.2. The summed E-state index contributed by atoms with van der Waals surface area (Å²) in [6.07, 6.45) is 9.04. The number of amides is 1. The van der Waals surface area contributed by atoms with E-state index in [1.165, 1.54) is 0 Å². The molecule has 0 saturated carbocycles. The molecule has 1 aromatic heterocycles. The number of anilines is 1. The number of carbonyl (C=O) groups is 1. The Hall–Kier alpha value is -1.89. The van der Waals surface area contributed by atoms with E-state index in [4.69, 9.17) is 4.74 Å². The van der Waals surface area contributed by atoms with Crippen molar-refractivity contribution >= 4 is 11.7 Å². The molecule has 2 atom stereocenters. The van der Waals surface area contributed by atoms with Gasteiger partial charge in [0.1, 0.15) is 0 Å². The normalized spacial score (nSPS) is 24.5. The van der Waals surface area contributed by atoms with E-state index < -0.39 is 0 Å². The summed E-state index contributed by atoms with van der Waals surface area (Å²) in [6.45, 7) is 3.56. The van der Waals surface area contributed by atoms with Gasteiger partial charge < -0.3 is 19.5 Å². The molecule has 0 spiro atoms. The molecule has 0 bridgehead atoms. The first kappa shape index (κ1) is 17.9. The molecule has 1 aromatic rings. The van der Waals surface area contributed by atoms with Crippen molar-refractivity contribution in [2.24, 2.45) is 7.05 Å². The summed E-state index contributed by atoms with van der Waals surface area (Å²) < 4.78 is 7.30. The number of nitrogens with zero attached hydrogens (tertiary/aromatic N) is 3. The third-order valence-electron chi connectivity index (χ3n) is 5.17. The fraction of sp³-hybridized carbons (Fsp3) is 0.722. The fourth-order valence-electron chi connectivity index (χ4n) is 3.63. The van der Waals surface area contributed by atoms with Gasteiger partial charge in [-0.3, -0.25) is 9.59 Å². The minimum Gasteiger partial charge on any atom is -0.375 e. The minimum absolute atomic E-state index is 0.0734. The first-order valence-corrected chi connectivity index (χ1v) is 9.24. The van der Waals surface area contributed by atoms with Crippen LogP contribution < -0.4 is 15.8 Å². The molecule has 3 rings (SSSR count). The average molecular weight is 348 g/mol. The zero-order chi connectivity index (χ0) is 17.8. The van der Waals surface area contributed by atoms with Gasteiger partial charge in [-0.2, -0.15) is 0 Å². The second-order valence-electron chi connectivity index (χ2n) is 7.18. The molecule has 2 fully saturated rings. The molecule has 138 valence electrons. The van der Waals surface area contributed by atoms with E-state index in [-0.39, 0.29) is 23.6 Å². The highest BCUT2D eigenvalue weighted by Gasteiger charge is 2.25. The smallest absolute Gasteiger partial charge is 0.293 e. The van der Waals surface area contributed by atoms with Crippen molar-refractivity contribution in [1.82, 2.24) is 14.9 Å². The molecule has 2 saturated heterocycles. The third kappa shape index (κ3) is 4.60. The molecule has 1 N–H and O–H groups in total. The van der Waals surface area contributed by atoms with Crippen LogP contribution in [0.2, 0.25) is 0 Å². The second kappa shape index (κ2) is 7.99. The predicted molar refractivity (Wildman–Crippen MR) is 95.7 cm³/mol. The number of aromatic nitrogens is 2. The Morgan fingerprint density at radius 3 is 2.76 bits per heavy atom. The first-order valence-electron chi connectivity index (χ1n) is 9.24. The van der Waals surface area contributed by atoms with Crippen LogP contribution in [0.4, 0.5) is 5.82 Å². The van der Waals surface area contributed by atoms with Crippen molar-refractivity contribution in [1.29, 1.82) is 0 Å². The molecule has 0 aromatic carbocycles. The Bertz CT molecular complexity index is 652. The maximum atomic E-state index is 12.2. The number of hydrogen-bond acceptors (Lipinski definition) is 5. The van der Waals surface area contributed by atoms with Crippen molar-refractivity contribution in [3.63, 3.8) is 0 Å². The summed E-state index contributed by atoms with van der Waals surface area (Å²) in [5.41, 5.74) is -0.0734. The van der Waals surface area contributed by atoms with Gasteiger partial charge in [0.15, 0.2) is 5.82 Å². The number of rotatable bonds is 5. The first-order chi connectivity index (χ1) is 12.0. The van der Waals surface area contributed by atoms with E-state index in [0.29, 0.717) is 18.3 Å². The van der Waals surface area contributed by atoms with Gasteiger partial charge in [-0.25, -0.2) is 4.98 Å². The summed E-state index contributed by atoms with van der Waals surface area (Å²) in [5.74, 6) is 0.609. The third-order valence-corrected chi connectivity index (χ3v) is 5.17. The van der Waals surface area contributed by atoms with Gasteiger partial charge in [0, 0.05) is 45.0 Å². The molecular weight excluding hydrogens is 320 g/mol. The molecule has 0 unspecified atom stereocenters. The molecule has 25 heavy (non-hydrogen) atoms. The molecule has 0 radical (unpaired) electrons. The van der Waals surface area contributed by atoms with E-state index in [9.17, 15) is 9.59 Å². The largest absolute Gasteiger partial charge is 0.375 e. The van der Waals surface area contributed by atoms with E-state index >= 15 is 0 Å². The van der Waals surface area contributed by atoms with Gasteiger partial charge in [-0.1, -0.05) is 0 Å². The summed E-state index contributed by atoms with van der Waals surface area (Å²) >= 11 is 0. The highest BCUT2D eigenvalue weighted by molar-refractivity contribution is 5.76. The number of nitrogens with one attached hydrogen (secondary N) is 1. The van der Waals surface area contributed by atoms with Gasteiger partial charge in [0.05, 0.1) is 12.2 Å². The SMILES string of the molecule is C[C@H]1CC[C@H](CCC(=O)NC2CCN(c3nccn(C)c3=O)CC2)O1. The van der Waals surface area contributed by atoms with Crippen molar-refractivity contribution in [3.05, 3.63) is 22.7 Å². The standard InChI is InChI=1S/C18H28N4O3/c1-13-3-4-15(25-13)5-6-16(23)20-14-7-10-22(11-8-14)17-18(24)21(2)12-9-19-17/h9,12-15H,3-8,10-11H2,1-2H3,(H,20,23)/t13-,15+/m0/s1. The Kier molecular flexibility index (Phi) is 5.73. The van der Waals surface area contributed by atoms with E-state index in [1.807, 2.05) is 4.90 Å². The lowest BCUT2D eigenvalue weighted by molar-refractivity contribution is -0.122. The van der Waals surface area contributed by atoms with Crippen LogP contribution in [-0.4, -0.2) is 46.8 Å². The van der Waals surface area contributed by atoms with Gasteiger partial charge >= 0.3 is 0 Å². The Morgan fingerprint density at radius 1 is 1.32 bits per heavy atom. The van der Waals surface area contributed by atoms with Crippen LogP contribution in [0.5, 0.6) is 0 Å². The van der Waals surface area contributed by atoms with Crippen molar-refractivity contribution in [2.45, 2.75) is 63.7 Å². The minimum atomic E-state index is -0.0734. The zero-order valence-corrected chi connectivity index (χ0v) is 15.1. The van der Waals surface area contributed by atoms with Crippen LogP contribution in [0, 0.1) is 0 Å². The van der Waals surface area contributed by atoms with E-state index in [1.54, 1.807) is 24.0 Å². The van der Waals surface area contributed by atoms with Crippen LogP contribution >= 0.6 is 0 Å². The molecule has 1 amide bonds. The lowest BCUT2D eigenvalue weighted by Gasteiger charge is -2.32. The number of aryl methyl sites for hydroxylation is 1. The number of piperidine rings is 1. The summed E-state index contributed by atoms with van der Waals surface area (Å²) in [6, 6.07) is 0.180. The number of ether oxygens (including phenoxy) is 1. The second-order valence-corrected chi connectivity index (χ2v) is 7.18. The molecule has 2 aliphatic rings. The average Bonchev–Trinajstić information content (AvgIpc) is 3.02. The predicted octanol–water partition coefficient (Wildman–Crippen LogP) is 1.21. The molecule has 3 heterocycles. The molecule has 2 aliphatic heterocycles. The Labute approximate surface area is 148 Å². The van der Waals surface area contributed by atoms with Crippen LogP contribution in [0.25, 0.3) is 0 Å². The fourth-order valence-corrected chi connectivity index (χ4v) is 3.63. The zero-order valence-electron chi connectivity index (χ0n) is 15.1. The summed E-state index contributed by atoms with van der Waals surface area (Å²) in [7, 11) is 1.73. The lowest BCUT2D eigenvalue weighted by atomic mass is 10.0. The Morgan fingerprint density at radius 2 is 2.08 bits per heavy atom. The van der Waals surface area contributed by atoms with Crippen LogP contribution in [0.3, 0.4) is 0 Å². The summed E-state index contributed by atoms with van der Waals surface area (Å²) in [4.78, 5) is 30.5. The molecular formula is C18H28N4O3. The van der Waals surface area contributed by atoms with Crippen LogP contribution in [0.15, 0.2) is 17.2 Å². The van der Waals surface area contributed by atoms with Crippen molar-refractivity contribution in [3.8, 4) is 0 Å². The highest BCUT2D eigenvalue weighted by atomic mass is 16.5. The topological polar surface area (TPSA) is 76.5 Å². The highest BCUT2D eigenvalue weighted by Crippen LogP contribution is 2.22. The van der Waals surface area contributed by atoms with E-state index in [0.717, 1.165) is 45.2 Å². The Balaban J connectivity index is 1.42. The van der Waals surface area contributed by atoms with E-state index in [2.05, 4.69) is 17.2 Å². The van der Waals surface area contributed by atoms with Gasteiger partial charge in [-0.15, -0.1) is 0 Å². The van der Waals surface area contributed by atoms with Gasteiger partial charge in [-0.05, 0) is 39.0 Å². The van der Waals surface area contributed by atoms with Crippen molar-refractivity contribution in [2.75, 3.05) is 18.0 Å². The summed E-state index contributed by atoms with van der Waals surface area (Å²) in [5, 5.41) is 3.13. The number of carbonyl (C=O) groups excluding carboxylic acids is 1. The van der Waals surface area contributed by atoms with Crippen LogP contribution in [0.1, 0.15) is 45.4 Å².